The summed E-state index contributed by atoms with van der Waals surface area (Å²) in [5.41, 5.74) is 9.57. The van der Waals surface area contributed by atoms with Crippen LogP contribution in [0.5, 0.6) is 0 Å². The van der Waals surface area contributed by atoms with Crippen molar-refractivity contribution in [3.8, 4) is 6.07 Å². The fourth-order valence-electron chi connectivity index (χ4n) is 3.53. The number of rotatable bonds is 5. The van der Waals surface area contributed by atoms with Crippen LogP contribution in [0.4, 0.5) is 0 Å². The smallest absolute Gasteiger partial charge is 0.237 e. The van der Waals surface area contributed by atoms with E-state index in [4.69, 9.17) is 11.0 Å². The van der Waals surface area contributed by atoms with Gasteiger partial charge in [-0.1, -0.05) is 56.3 Å². The van der Waals surface area contributed by atoms with Crippen LogP contribution in [0.25, 0.3) is 5.70 Å². The molecule has 28 heavy (non-hydrogen) atoms. The van der Waals surface area contributed by atoms with Gasteiger partial charge in [0.1, 0.15) is 5.92 Å². The van der Waals surface area contributed by atoms with Gasteiger partial charge in [-0.05, 0) is 41.2 Å². The number of hydrogen-bond acceptors (Lipinski definition) is 3. The normalized spacial score (nSPS) is 18.9. The van der Waals surface area contributed by atoms with E-state index in [0.717, 1.165) is 17.5 Å². The van der Waals surface area contributed by atoms with Crippen LogP contribution in [-0.2, 0) is 16.0 Å². The summed E-state index contributed by atoms with van der Waals surface area (Å²) in [6, 6.07) is 17.0. The summed E-state index contributed by atoms with van der Waals surface area (Å²) in [6.45, 7) is 4.34. The van der Waals surface area contributed by atoms with E-state index in [1.54, 1.807) is 24.3 Å². The molecular weight excluding hydrogens is 350 g/mol. The van der Waals surface area contributed by atoms with Gasteiger partial charge in [-0.15, -0.1) is 0 Å². The third-order valence-electron chi connectivity index (χ3n) is 4.89. The van der Waals surface area contributed by atoms with Crippen molar-refractivity contribution in [1.29, 1.82) is 5.26 Å². The van der Waals surface area contributed by atoms with E-state index in [-0.39, 0.29) is 0 Å². The number of nitrogens with one attached hydrogen (secondary N) is 1. The summed E-state index contributed by atoms with van der Waals surface area (Å²) < 4.78 is 0. The summed E-state index contributed by atoms with van der Waals surface area (Å²) in [7, 11) is 0. The fraction of sp³-hybridized carbons (Fsp3) is 0.261. The van der Waals surface area contributed by atoms with Gasteiger partial charge in [0.25, 0.3) is 0 Å². The van der Waals surface area contributed by atoms with E-state index < -0.39 is 23.7 Å². The molecule has 2 amide bonds. The maximum atomic E-state index is 12.6. The molecule has 142 valence electrons. The molecule has 2 atom stereocenters. The van der Waals surface area contributed by atoms with E-state index in [1.165, 1.54) is 5.56 Å². The average molecular weight is 373 g/mol. The van der Waals surface area contributed by atoms with Crippen LogP contribution >= 0.6 is 0 Å². The van der Waals surface area contributed by atoms with E-state index in [1.807, 2.05) is 18.2 Å². The topological polar surface area (TPSA) is 96.0 Å². The first-order valence-corrected chi connectivity index (χ1v) is 9.30. The van der Waals surface area contributed by atoms with Gasteiger partial charge in [-0.2, -0.15) is 5.26 Å². The lowest BCUT2D eigenvalue weighted by molar-refractivity contribution is -0.133. The molecule has 5 nitrogen and oxygen atoms in total. The highest BCUT2D eigenvalue weighted by molar-refractivity contribution is 6.05. The molecule has 3 rings (SSSR count). The molecule has 0 aromatic heterocycles. The Bertz CT molecular complexity index is 951. The van der Waals surface area contributed by atoms with Crippen LogP contribution in [0.2, 0.25) is 0 Å². The maximum Gasteiger partial charge on any atom is 0.237 e. The van der Waals surface area contributed by atoms with Crippen molar-refractivity contribution < 1.29 is 9.59 Å². The standard InChI is InChI=1S/C23H23N3O2/c1-14(2)11-15-3-9-18(10-4-15)20-12-19(21(22(25)27)23(28)26-20)17-7-5-16(13-24)6-8-17/h3-10,12,14,19,21H,11H2,1-2H3,(H2,25,27)(H,26,28)/t19-,21-/m0/s1. The first-order valence-electron chi connectivity index (χ1n) is 9.30. The highest BCUT2D eigenvalue weighted by Gasteiger charge is 2.37. The predicted molar refractivity (Wildman–Crippen MR) is 108 cm³/mol. The molecule has 1 aliphatic heterocycles. The number of carbonyl (C=O) groups excluding carboxylic acids is 2. The highest BCUT2D eigenvalue weighted by Crippen LogP contribution is 2.33. The third kappa shape index (κ3) is 4.12. The molecule has 0 saturated heterocycles. The first kappa shape index (κ1) is 19.4. The Labute approximate surface area is 164 Å². The fourth-order valence-corrected chi connectivity index (χ4v) is 3.53. The van der Waals surface area contributed by atoms with Gasteiger partial charge in [0.15, 0.2) is 0 Å². The third-order valence-corrected chi connectivity index (χ3v) is 4.89. The van der Waals surface area contributed by atoms with E-state index in [9.17, 15) is 9.59 Å². The largest absolute Gasteiger partial charge is 0.369 e. The van der Waals surface area contributed by atoms with Gasteiger partial charge >= 0.3 is 0 Å². The van der Waals surface area contributed by atoms with Crippen LogP contribution in [0, 0.1) is 23.2 Å². The van der Waals surface area contributed by atoms with Crippen molar-refractivity contribution in [3.05, 3.63) is 76.9 Å². The van der Waals surface area contributed by atoms with Gasteiger partial charge in [0.2, 0.25) is 11.8 Å². The minimum absolute atomic E-state index is 0.411. The molecule has 0 saturated carbocycles. The number of nitrogens with two attached hydrogens (primary N) is 1. The second-order valence-electron chi connectivity index (χ2n) is 7.50. The zero-order valence-corrected chi connectivity index (χ0v) is 16.0. The van der Waals surface area contributed by atoms with Gasteiger partial charge in [0, 0.05) is 11.6 Å². The van der Waals surface area contributed by atoms with E-state index in [0.29, 0.717) is 17.2 Å². The Balaban J connectivity index is 1.98. The number of amides is 2. The summed E-state index contributed by atoms with van der Waals surface area (Å²) in [6.07, 6.45) is 2.86. The molecule has 2 aromatic carbocycles. The Morgan fingerprint density at radius 2 is 1.79 bits per heavy atom. The van der Waals surface area contributed by atoms with Crippen molar-refractivity contribution >= 4 is 17.5 Å². The molecule has 0 aliphatic carbocycles. The molecule has 0 radical (unpaired) electrons. The predicted octanol–water partition coefficient (Wildman–Crippen LogP) is 3.11. The zero-order valence-electron chi connectivity index (χ0n) is 16.0. The van der Waals surface area contributed by atoms with Crippen LogP contribution in [0.15, 0.2) is 54.6 Å². The quantitative estimate of drug-likeness (QED) is 0.788. The summed E-state index contributed by atoms with van der Waals surface area (Å²) in [4.78, 5) is 24.6. The Kier molecular flexibility index (Phi) is 5.60. The Hall–Kier alpha value is -3.39. The highest BCUT2D eigenvalue weighted by atomic mass is 16.2. The van der Waals surface area contributed by atoms with Gasteiger partial charge in [-0.25, -0.2) is 0 Å². The Morgan fingerprint density at radius 1 is 1.14 bits per heavy atom. The van der Waals surface area contributed by atoms with Crippen molar-refractivity contribution in [1.82, 2.24) is 5.32 Å². The van der Waals surface area contributed by atoms with E-state index in [2.05, 4.69) is 37.4 Å². The molecule has 3 N–H and O–H groups in total. The minimum atomic E-state index is -0.989. The average Bonchev–Trinajstić information content (AvgIpc) is 2.67. The Morgan fingerprint density at radius 3 is 2.32 bits per heavy atom. The number of hydrogen-bond donors (Lipinski definition) is 2. The first-order chi connectivity index (χ1) is 13.4. The van der Waals surface area contributed by atoms with Crippen LogP contribution in [0.3, 0.4) is 0 Å². The van der Waals surface area contributed by atoms with Gasteiger partial charge in [0.05, 0.1) is 11.6 Å². The molecule has 2 aromatic rings. The maximum absolute atomic E-state index is 12.6. The van der Waals surface area contributed by atoms with Gasteiger partial charge in [-0.3, -0.25) is 9.59 Å². The number of primary amides is 1. The number of carbonyl (C=O) groups is 2. The lowest BCUT2D eigenvalue weighted by atomic mass is 9.81. The molecule has 1 heterocycles. The second-order valence-corrected chi connectivity index (χ2v) is 7.50. The zero-order chi connectivity index (χ0) is 20.3. The molecule has 1 aliphatic rings. The molecule has 0 fully saturated rings. The van der Waals surface area contributed by atoms with Crippen molar-refractivity contribution in [2.45, 2.75) is 26.2 Å². The second kappa shape index (κ2) is 8.10. The van der Waals surface area contributed by atoms with Crippen LogP contribution in [0.1, 0.15) is 42.0 Å². The van der Waals surface area contributed by atoms with E-state index >= 15 is 0 Å². The van der Waals surface area contributed by atoms with Crippen molar-refractivity contribution in [2.75, 3.05) is 0 Å². The molecule has 0 bridgehead atoms. The molecule has 5 heteroatoms. The lowest BCUT2D eigenvalue weighted by Gasteiger charge is -2.28. The molecular formula is C23H23N3O2. The summed E-state index contributed by atoms with van der Waals surface area (Å²) >= 11 is 0. The van der Waals surface area contributed by atoms with Crippen LogP contribution < -0.4 is 11.1 Å². The monoisotopic (exact) mass is 373 g/mol. The molecule has 0 unspecified atom stereocenters. The minimum Gasteiger partial charge on any atom is -0.369 e. The van der Waals surface area contributed by atoms with Crippen molar-refractivity contribution in [3.63, 3.8) is 0 Å². The molecule has 0 spiro atoms. The lowest BCUT2D eigenvalue weighted by Crippen LogP contribution is -2.44. The number of benzene rings is 2. The van der Waals surface area contributed by atoms with Crippen LogP contribution in [-0.4, -0.2) is 11.8 Å². The summed E-state index contributed by atoms with van der Waals surface area (Å²) in [5, 5.41) is 11.8. The number of nitriles is 1. The van der Waals surface area contributed by atoms with Gasteiger partial charge < -0.3 is 11.1 Å². The summed E-state index contributed by atoms with van der Waals surface area (Å²) in [5.74, 6) is -1.99. The number of allylic oxidation sites excluding steroid dienone is 1. The number of nitrogens with zero attached hydrogens (tertiary/aromatic N) is 1. The van der Waals surface area contributed by atoms with Crippen molar-refractivity contribution in [2.24, 2.45) is 17.6 Å². The SMILES string of the molecule is CC(C)Cc1ccc(C2=C[C@@H](c3ccc(C#N)cc3)[C@@H](C(N)=O)C(=O)N2)cc1.